The molecule has 1 atom stereocenters. The number of ether oxygens (including phenoxy) is 2. The van der Waals surface area contributed by atoms with Crippen LogP contribution in [0.1, 0.15) is 18.4 Å². The van der Waals surface area contributed by atoms with E-state index < -0.39 is 4.92 Å². The summed E-state index contributed by atoms with van der Waals surface area (Å²) in [7, 11) is 1.49. The van der Waals surface area contributed by atoms with Gasteiger partial charge < -0.3 is 14.8 Å². The average Bonchev–Trinajstić information content (AvgIpc) is 2.45. The van der Waals surface area contributed by atoms with Crippen LogP contribution in [0.3, 0.4) is 0 Å². The zero-order valence-electron chi connectivity index (χ0n) is 10.9. The van der Waals surface area contributed by atoms with Crippen LogP contribution in [0.4, 0.5) is 5.69 Å². The summed E-state index contributed by atoms with van der Waals surface area (Å²) < 4.78 is 10.8. The van der Waals surface area contributed by atoms with Gasteiger partial charge >= 0.3 is 0 Å². The summed E-state index contributed by atoms with van der Waals surface area (Å²) >= 11 is 0. The minimum atomic E-state index is -0.422. The second kappa shape index (κ2) is 6.49. The fourth-order valence-electron chi connectivity index (χ4n) is 2.13. The molecule has 1 saturated heterocycles. The molecule has 0 saturated carbocycles. The molecule has 1 N–H and O–H groups in total. The lowest BCUT2D eigenvalue weighted by atomic mass is 10.1. The molecule has 0 aromatic heterocycles. The van der Waals surface area contributed by atoms with Crippen LogP contribution in [0, 0.1) is 10.1 Å². The molecule has 1 aliphatic rings. The van der Waals surface area contributed by atoms with E-state index in [4.69, 9.17) is 9.47 Å². The number of hydrogen-bond acceptors (Lipinski definition) is 5. The first-order valence-electron chi connectivity index (χ1n) is 6.33. The first kappa shape index (κ1) is 13.8. The number of nitro benzene ring substituents is 1. The van der Waals surface area contributed by atoms with Gasteiger partial charge in [0.15, 0.2) is 0 Å². The third-order valence-electron chi connectivity index (χ3n) is 3.13. The lowest BCUT2D eigenvalue weighted by molar-refractivity contribution is -0.385. The Hall–Kier alpha value is -1.66. The number of nitrogens with zero attached hydrogens (tertiary/aromatic N) is 1. The molecule has 0 bridgehead atoms. The fraction of sp³-hybridized carbons (Fsp3) is 0.538. The molecule has 6 nitrogen and oxygen atoms in total. The first-order chi connectivity index (χ1) is 9.19. The molecule has 1 unspecified atom stereocenters. The molecule has 2 rings (SSSR count). The van der Waals surface area contributed by atoms with Gasteiger partial charge in [-0.3, -0.25) is 10.1 Å². The monoisotopic (exact) mass is 266 g/mol. The molecule has 1 aliphatic heterocycles. The highest BCUT2D eigenvalue weighted by molar-refractivity contribution is 5.42. The maximum Gasteiger partial charge on any atom is 0.273 e. The number of non-ortho nitro benzene ring substituents is 1. The largest absolute Gasteiger partial charge is 0.496 e. The van der Waals surface area contributed by atoms with Crippen molar-refractivity contribution in [3.8, 4) is 5.75 Å². The Morgan fingerprint density at radius 2 is 2.32 bits per heavy atom. The molecule has 0 aliphatic carbocycles. The van der Waals surface area contributed by atoms with Crippen molar-refractivity contribution in [3.05, 3.63) is 33.9 Å². The third-order valence-corrected chi connectivity index (χ3v) is 3.13. The topological polar surface area (TPSA) is 73.6 Å². The molecular weight excluding hydrogens is 248 g/mol. The van der Waals surface area contributed by atoms with Crippen molar-refractivity contribution in [2.45, 2.75) is 25.6 Å². The van der Waals surface area contributed by atoms with Crippen LogP contribution in [-0.2, 0) is 11.3 Å². The van der Waals surface area contributed by atoms with Crippen LogP contribution < -0.4 is 10.1 Å². The standard InChI is InChI=1S/C13H18N2O4/c1-18-13-6-10(5-11(7-13)15(16)17)9-19-12-3-2-4-14-8-12/h5-7,12,14H,2-4,8-9H2,1H3. The fourth-order valence-corrected chi connectivity index (χ4v) is 2.13. The van der Waals surface area contributed by atoms with Crippen LogP contribution >= 0.6 is 0 Å². The number of nitrogens with one attached hydrogen (secondary N) is 1. The zero-order valence-corrected chi connectivity index (χ0v) is 10.9. The van der Waals surface area contributed by atoms with E-state index >= 15 is 0 Å². The predicted molar refractivity (Wildman–Crippen MR) is 70.3 cm³/mol. The Morgan fingerprint density at radius 1 is 1.47 bits per heavy atom. The summed E-state index contributed by atoms with van der Waals surface area (Å²) in [4.78, 5) is 10.4. The molecule has 6 heteroatoms. The number of hydrogen-bond donors (Lipinski definition) is 1. The zero-order chi connectivity index (χ0) is 13.7. The molecule has 0 spiro atoms. The van der Waals surface area contributed by atoms with Crippen LogP contribution in [0.5, 0.6) is 5.75 Å². The number of nitro groups is 1. The highest BCUT2D eigenvalue weighted by Gasteiger charge is 2.15. The molecule has 1 aromatic carbocycles. The van der Waals surface area contributed by atoms with Gasteiger partial charge in [-0.15, -0.1) is 0 Å². The average molecular weight is 266 g/mol. The minimum absolute atomic E-state index is 0.0275. The third kappa shape index (κ3) is 3.90. The summed E-state index contributed by atoms with van der Waals surface area (Å²) in [6.07, 6.45) is 2.31. The van der Waals surface area contributed by atoms with Gasteiger partial charge in [0.25, 0.3) is 5.69 Å². The van der Waals surface area contributed by atoms with Crippen molar-refractivity contribution in [2.75, 3.05) is 20.2 Å². The maximum absolute atomic E-state index is 10.8. The lowest BCUT2D eigenvalue weighted by Crippen LogP contribution is -2.35. The summed E-state index contributed by atoms with van der Waals surface area (Å²) in [5.74, 6) is 0.481. The highest BCUT2D eigenvalue weighted by atomic mass is 16.6. The Balaban J connectivity index is 2.02. The van der Waals surface area contributed by atoms with Crippen molar-refractivity contribution in [1.82, 2.24) is 5.32 Å². The van der Waals surface area contributed by atoms with Gasteiger partial charge in [-0.05, 0) is 31.0 Å². The van der Waals surface area contributed by atoms with Crippen molar-refractivity contribution >= 4 is 5.69 Å². The minimum Gasteiger partial charge on any atom is -0.496 e. The van der Waals surface area contributed by atoms with Crippen molar-refractivity contribution in [3.63, 3.8) is 0 Å². The number of methoxy groups -OCH3 is 1. The van der Waals surface area contributed by atoms with Gasteiger partial charge in [-0.25, -0.2) is 0 Å². The SMILES string of the molecule is COc1cc(COC2CCCNC2)cc([N+](=O)[O-])c1. The van der Waals surface area contributed by atoms with Gasteiger partial charge in [-0.1, -0.05) is 0 Å². The number of piperidine rings is 1. The molecule has 0 radical (unpaired) electrons. The van der Waals surface area contributed by atoms with Crippen LogP contribution in [-0.4, -0.2) is 31.2 Å². The van der Waals surface area contributed by atoms with Crippen LogP contribution in [0.25, 0.3) is 0 Å². The second-order valence-electron chi connectivity index (χ2n) is 4.58. The summed E-state index contributed by atoms with van der Waals surface area (Å²) in [6.45, 7) is 2.24. The van der Waals surface area contributed by atoms with Gasteiger partial charge in [0.2, 0.25) is 0 Å². The Morgan fingerprint density at radius 3 is 2.95 bits per heavy atom. The van der Waals surface area contributed by atoms with Gasteiger partial charge in [0.05, 0.1) is 30.8 Å². The van der Waals surface area contributed by atoms with Gasteiger partial charge in [0.1, 0.15) is 5.75 Å². The van der Waals surface area contributed by atoms with Crippen molar-refractivity contribution in [1.29, 1.82) is 0 Å². The van der Waals surface area contributed by atoms with E-state index in [0.29, 0.717) is 12.4 Å². The van der Waals surface area contributed by atoms with Crippen molar-refractivity contribution in [2.24, 2.45) is 0 Å². The Bertz CT molecular complexity index is 444. The summed E-state index contributed by atoms with van der Waals surface area (Å²) in [5.41, 5.74) is 0.788. The van der Waals surface area contributed by atoms with E-state index in [1.165, 1.54) is 19.2 Å². The maximum atomic E-state index is 10.8. The van der Waals surface area contributed by atoms with E-state index in [1.807, 2.05) is 0 Å². The smallest absolute Gasteiger partial charge is 0.273 e. The van der Waals surface area contributed by atoms with Crippen LogP contribution in [0.2, 0.25) is 0 Å². The normalized spacial score (nSPS) is 19.1. The van der Waals surface area contributed by atoms with E-state index in [0.717, 1.165) is 31.5 Å². The van der Waals surface area contributed by atoms with Crippen LogP contribution in [0.15, 0.2) is 18.2 Å². The van der Waals surface area contributed by atoms with Gasteiger partial charge in [0, 0.05) is 12.6 Å². The van der Waals surface area contributed by atoms with E-state index in [9.17, 15) is 10.1 Å². The Labute approximate surface area is 111 Å². The molecule has 19 heavy (non-hydrogen) atoms. The first-order valence-corrected chi connectivity index (χ1v) is 6.33. The van der Waals surface area contributed by atoms with Crippen molar-refractivity contribution < 1.29 is 14.4 Å². The van der Waals surface area contributed by atoms with Gasteiger partial charge in [-0.2, -0.15) is 0 Å². The molecule has 0 amide bonds. The summed E-state index contributed by atoms with van der Waals surface area (Å²) in [6, 6.07) is 4.70. The summed E-state index contributed by atoms with van der Waals surface area (Å²) in [5, 5.41) is 14.1. The number of rotatable bonds is 5. The van der Waals surface area contributed by atoms with E-state index in [1.54, 1.807) is 6.07 Å². The van der Waals surface area contributed by atoms with E-state index in [-0.39, 0.29) is 11.8 Å². The highest BCUT2D eigenvalue weighted by Crippen LogP contribution is 2.23. The quantitative estimate of drug-likeness (QED) is 0.650. The number of benzene rings is 1. The van der Waals surface area contributed by atoms with E-state index in [2.05, 4.69) is 5.32 Å². The molecule has 1 heterocycles. The predicted octanol–water partition coefficient (Wildman–Crippen LogP) is 1.87. The lowest BCUT2D eigenvalue weighted by Gasteiger charge is -2.23. The Kier molecular flexibility index (Phi) is 4.70. The molecule has 104 valence electrons. The molecule has 1 aromatic rings. The molecule has 1 fully saturated rings. The molecular formula is C13H18N2O4. The second-order valence-corrected chi connectivity index (χ2v) is 4.58.